The summed E-state index contributed by atoms with van der Waals surface area (Å²) in [6, 6.07) is 11.0. The topological polar surface area (TPSA) is 48.9 Å². The Labute approximate surface area is 133 Å². The molecule has 5 nitrogen and oxygen atoms in total. The van der Waals surface area contributed by atoms with Crippen molar-refractivity contribution in [2.75, 3.05) is 44.8 Å². The Morgan fingerprint density at radius 2 is 2.18 bits per heavy atom. The average Bonchev–Trinajstić information content (AvgIpc) is 3.03. The molecule has 1 atom stereocenters. The number of nitrogens with one attached hydrogen (secondary N) is 2. The van der Waals surface area contributed by atoms with Crippen molar-refractivity contribution in [1.82, 2.24) is 10.6 Å². The highest BCUT2D eigenvalue weighted by Gasteiger charge is 2.23. The van der Waals surface area contributed by atoms with Crippen molar-refractivity contribution in [2.24, 2.45) is 4.99 Å². The quantitative estimate of drug-likeness (QED) is 0.459. The van der Waals surface area contributed by atoms with E-state index in [4.69, 9.17) is 4.74 Å². The first-order valence-electron chi connectivity index (χ1n) is 8.18. The monoisotopic (exact) mass is 304 g/mol. The Hall–Kier alpha value is -1.75. The van der Waals surface area contributed by atoms with E-state index in [0.29, 0.717) is 6.04 Å². The summed E-state index contributed by atoms with van der Waals surface area (Å²) >= 11 is 0. The Bertz CT molecular complexity index is 449. The van der Waals surface area contributed by atoms with E-state index in [1.165, 1.54) is 5.69 Å². The molecular formula is C17H28N4O. The lowest BCUT2D eigenvalue weighted by atomic mass is 10.3. The summed E-state index contributed by atoms with van der Waals surface area (Å²) in [7, 11) is 1.82. The van der Waals surface area contributed by atoms with Gasteiger partial charge in [0.2, 0.25) is 0 Å². The fourth-order valence-electron chi connectivity index (χ4n) is 2.66. The van der Waals surface area contributed by atoms with Gasteiger partial charge >= 0.3 is 0 Å². The molecule has 0 bridgehead atoms. The predicted octanol–water partition coefficient (Wildman–Crippen LogP) is 1.86. The highest BCUT2D eigenvalue weighted by molar-refractivity contribution is 5.80. The summed E-state index contributed by atoms with van der Waals surface area (Å²) in [4.78, 5) is 6.72. The molecule has 0 saturated carbocycles. The summed E-state index contributed by atoms with van der Waals surface area (Å²) < 4.78 is 5.34. The molecule has 1 aliphatic heterocycles. The van der Waals surface area contributed by atoms with Gasteiger partial charge < -0.3 is 20.3 Å². The normalized spacial score (nSPS) is 18.5. The number of guanidine groups is 1. The number of para-hydroxylation sites is 1. The van der Waals surface area contributed by atoms with Crippen LogP contribution in [-0.2, 0) is 4.74 Å². The number of anilines is 1. The molecule has 1 unspecified atom stereocenters. The third kappa shape index (κ3) is 5.22. The van der Waals surface area contributed by atoms with Crippen molar-refractivity contribution < 1.29 is 4.74 Å². The van der Waals surface area contributed by atoms with Gasteiger partial charge in [0.25, 0.3) is 0 Å². The van der Waals surface area contributed by atoms with Crippen LogP contribution in [0.15, 0.2) is 35.3 Å². The predicted molar refractivity (Wildman–Crippen MR) is 92.7 cm³/mol. The maximum atomic E-state index is 5.34. The number of benzene rings is 1. The van der Waals surface area contributed by atoms with Crippen LogP contribution in [0.3, 0.4) is 0 Å². The largest absolute Gasteiger partial charge is 0.382 e. The maximum Gasteiger partial charge on any atom is 0.191 e. The minimum atomic E-state index is 0.443. The highest BCUT2D eigenvalue weighted by Crippen LogP contribution is 2.19. The van der Waals surface area contributed by atoms with Crippen molar-refractivity contribution in [1.29, 1.82) is 0 Å². The van der Waals surface area contributed by atoms with E-state index < -0.39 is 0 Å². The van der Waals surface area contributed by atoms with Crippen LogP contribution in [0, 0.1) is 0 Å². The molecule has 0 radical (unpaired) electrons. The summed E-state index contributed by atoms with van der Waals surface area (Å²) in [6.07, 6.45) is 2.13. The summed E-state index contributed by atoms with van der Waals surface area (Å²) in [5, 5.41) is 6.86. The number of aliphatic imine (C=N–C) groups is 1. The lowest BCUT2D eigenvalue weighted by molar-refractivity contribution is 0.145. The first-order valence-corrected chi connectivity index (χ1v) is 8.18. The lowest BCUT2D eigenvalue weighted by Crippen LogP contribution is -2.45. The van der Waals surface area contributed by atoms with Crippen LogP contribution >= 0.6 is 0 Å². The van der Waals surface area contributed by atoms with E-state index in [1.54, 1.807) is 0 Å². The lowest BCUT2D eigenvalue weighted by Gasteiger charge is -2.20. The van der Waals surface area contributed by atoms with Crippen molar-refractivity contribution in [3.05, 3.63) is 30.3 Å². The smallest absolute Gasteiger partial charge is 0.191 e. The minimum Gasteiger partial charge on any atom is -0.382 e. The van der Waals surface area contributed by atoms with Crippen LogP contribution in [0.1, 0.15) is 19.8 Å². The van der Waals surface area contributed by atoms with E-state index in [9.17, 15) is 0 Å². The van der Waals surface area contributed by atoms with Gasteiger partial charge in [0.05, 0.1) is 0 Å². The molecular weight excluding hydrogens is 276 g/mol. The zero-order valence-electron chi connectivity index (χ0n) is 13.7. The van der Waals surface area contributed by atoms with Crippen LogP contribution in [0.2, 0.25) is 0 Å². The molecule has 2 rings (SSSR count). The highest BCUT2D eigenvalue weighted by atomic mass is 16.5. The van der Waals surface area contributed by atoms with Crippen LogP contribution in [0.25, 0.3) is 0 Å². The molecule has 0 aromatic heterocycles. The van der Waals surface area contributed by atoms with Crippen molar-refractivity contribution in [3.8, 4) is 0 Å². The molecule has 5 heteroatoms. The Morgan fingerprint density at radius 3 is 2.91 bits per heavy atom. The van der Waals surface area contributed by atoms with Gasteiger partial charge in [0.1, 0.15) is 0 Å². The first kappa shape index (κ1) is 16.6. The minimum absolute atomic E-state index is 0.443. The van der Waals surface area contributed by atoms with Crippen molar-refractivity contribution >= 4 is 11.6 Å². The Balaban J connectivity index is 1.71. The second-order valence-electron chi connectivity index (χ2n) is 5.46. The average molecular weight is 304 g/mol. The molecule has 1 saturated heterocycles. The van der Waals surface area contributed by atoms with Gasteiger partial charge in [0.15, 0.2) is 5.96 Å². The first-order chi connectivity index (χ1) is 10.8. The van der Waals surface area contributed by atoms with Crippen LogP contribution < -0.4 is 15.5 Å². The molecule has 1 heterocycles. The molecule has 0 amide bonds. The van der Waals surface area contributed by atoms with Crippen molar-refractivity contribution in [2.45, 2.75) is 25.8 Å². The van der Waals surface area contributed by atoms with E-state index in [2.05, 4.69) is 50.9 Å². The SMILES string of the molecule is CCOCCCNC(=NC)NC1CCN(c2ccccc2)C1. The van der Waals surface area contributed by atoms with Gasteiger partial charge in [-0.1, -0.05) is 18.2 Å². The molecule has 22 heavy (non-hydrogen) atoms. The fourth-order valence-corrected chi connectivity index (χ4v) is 2.66. The zero-order chi connectivity index (χ0) is 15.6. The summed E-state index contributed by atoms with van der Waals surface area (Å²) in [6.45, 7) is 6.59. The third-order valence-corrected chi connectivity index (χ3v) is 3.84. The third-order valence-electron chi connectivity index (χ3n) is 3.84. The number of hydrogen-bond donors (Lipinski definition) is 2. The molecule has 1 aromatic carbocycles. The zero-order valence-corrected chi connectivity index (χ0v) is 13.7. The van der Waals surface area contributed by atoms with Crippen LogP contribution in [0.5, 0.6) is 0 Å². The molecule has 1 fully saturated rings. The summed E-state index contributed by atoms with van der Waals surface area (Å²) in [5.74, 6) is 0.886. The molecule has 0 aliphatic carbocycles. The molecule has 1 aliphatic rings. The standard InChI is InChI=1S/C17H28N4O/c1-3-22-13-7-11-19-17(18-2)20-15-10-12-21(14-15)16-8-5-4-6-9-16/h4-6,8-9,15H,3,7,10-14H2,1-2H3,(H2,18,19,20). The summed E-state index contributed by atoms with van der Waals surface area (Å²) in [5.41, 5.74) is 1.30. The van der Waals surface area contributed by atoms with Gasteiger partial charge in [0, 0.05) is 51.6 Å². The van der Waals surface area contributed by atoms with Gasteiger partial charge in [-0.05, 0) is 31.9 Å². The van der Waals surface area contributed by atoms with Crippen LogP contribution in [0.4, 0.5) is 5.69 Å². The molecule has 122 valence electrons. The molecule has 0 spiro atoms. The van der Waals surface area contributed by atoms with Crippen LogP contribution in [-0.4, -0.2) is 51.9 Å². The van der Waals surface area contributed by atoms with E-state index in [0.717, 1.165) is 51.6 Å². The molecule has 1 aromatic rings. The number of nitrogens with zero attached hydrogens (tertiary/aromatic N) is 2. The van der Waals surface area contributed by atoms with Gasteiger partial charge in [-0.2, -0.15) is 0 Å². The van der Waals surface area contributed by atoms with E-state index >= 15 is 0 Å². The number of ether oxygens (including phenoxy) is 1. The second kappa shape index (κ2) is 9.30. The fraction of sp³-hybridized carbons (Fsp3) is 0.588. The molecule has 2 N–H and O–H groups in total. The van der Waals surface area contributed by atoms with Crippen molar-refractivity contribution in [3.63, 3.8) is 0 Å². The van der Waals surface area contributed by atoms with Gasteiger partial charge in [-0.15, -0.1) is 0 Å². The number of rotatable bonds is 7. The van der Waals surface area contributed by atoms with E-state index in [1.807, 2.05) is 14.0 Å². The Morgan fingerprint density at radius 1 is 1.36 bits per heavy atom. The van der Waals surface area contributed by atoms with Gasteiger partial charge in [-0.25, -0.2) is 0 Å². The van der Waals surface area contributed by atoms with Gasteiger partial charge in [-0.3, -0.25) is 4.99 Å². The van der Waals surface area contributed by atoms with E-state index in [-0.39, 0.29) is 0 Å². The Kier molecular flexibility index (Phi) is 7.03. The maximum absolute atomic E-state index is 5.34. The number of hydrogen-bond acceptors (Lipinski definition) is 3. The second-order valence-corrected chi connectivity index (χ2v) is 5.46.